The molecule has 0 aliphatic heterocycles. The van der Waals surface area contributed by atoms with Gasteiger partial charge in [0.1, 0.15) is 17.1 Å². The number of nitrogens with zero attached hydrogens (tertiary/aromatic N) is 1. The number of carbonyl (C=O) groups excluding carboxylic acids is 1. The number of carbonyl (C=O) groups is 1. The van der Waals surface area contributed by atoms with Crippen LogP contribution in [-0.2, 0) is 20.1 Å². The molecule has 2 heterocycles. The molecule has 0 saturated carbocycles. The summed E-state index contributed by atoms with van der Waals surface area (Å²) in [5.74, 6) is 1.36. The van der Waals surface area contributed by atoms with Crippen molar-refractivity contribution in [2.45, 2.75) is 24.1 Å². The Morgan fingerprint density at radius 2 is 1.97 bits per heavy atom. The molecule has 8 nitrogen and oxygen atoms in total. The number of thioether (sulfide) groups is 1. The highest BCUT2D eigenvalue weighted by atomic mass is 35.5. The zero-order chi connectivity index (χ0) is 26.4. The van der Waals surface area contributed by atoms with Crippen LogP contribution in [0.5, 0.6) is 5.75 Å². The van der Waals surface area contributed by atoms with Crippen LogP contribution >= 0.6 is 23.4 Å². The van der Waals surface area contributed by atoms with Crippen molar-refractivity contribution in [1.82, 2.24) is 15.2 Å². The Morgan fingerprint density at radius 3 is 2.73 bits per heavy atom. The third-order valence-electron chi connectivity index (χ3n) is 5.67. The van der Waals surface area contributed by atoms with Crippen molar-refractivity contribution in [2.75, 3.05) is 19.4 Å². The SMILES string of the molecule is COc1cccc(SCC(O)CNCc2cc3c(=O)c(C(=O)NCc4ccc(Cl)cc4)cn(C)c3o2)c1. The van der Waals surface area contributed by atoms with E-state index < -0.39 is 17.4 Å². The third kappa shape index (κ3) is 6.95. The van der Waals surface area contributed by atoms with Crippen LogP contribution in [0, 0.1) is 0 Å². The highest BCUT2D eigenvalue weighted by molar-refractivity contribution is 7.99. The van der Waals surface area contributed by atoms with Crippen molar-refractivity contribution in [1.29, 1.82) is 0 Å². The number of rotatable bonds is 11. The maximum absolute atomic E-state index is 13.0. The lowest BCUT2D eigenvalue weighted by Gasteiger charge is -2.11. The van der Waals surface area contributed by atoms with Crippen LogP contribution in [-0.4, -0.2) is 41.1 Å². The predicted molar refractivity (Wildman–Crippen MR) is 146 cm³/mol. The summed E-state index contributed by atoms with van der Waals surface area (Å²) in [5, 5.41) is 17.2. The average Bonchev–Trinajstić information content (AvgIpc) is 3.34. The number of fused-ring (bicyclic) bond motifs is 1. The Morgan fingerprint density at radius 1 is 1.19 bits per heavy atom. The van der Waals surface area contributed by atoms with Crippen molar-refractivity contribution >= 4 is 40.4 Å². The molecular formula is C27H28ClN3O5S. The quantitative estimate of drug-likeness (QED) is 0.247. The van der Waals surface area contributed by atoms with Crippen LogP contribution in [0.15, 0.2) is 74.9 Å². The Labute approximate surface area is 223 Å². The molecule has 0 saturated heterocycles. The van der Waals surface area contributed by atoms with Gasteiger partial charge in [-0.05, 0) is 42.0 Å². The summed E-state index contributed by atoms with van der Waals surface area (Å²) < 4.78 is 12.7. The molecule has 1 unspecified atom stereocenters. The molecule has 0 aliphatic rings. The number of amides is 1. The number of pyridine rings is 1. The highest BCUT2D eigenvalue weighted by Gasteiger charge is 2.18. The third-order valence-corrected chi connectivity index (χ3v) is 7.06. The van der Waals surface area contributed by atoms with E-state index in [2.05, 4.69) is 10.6 Å². The van der Waals surface area contributed by atoms with E-state index in [0.29, 0.717) is 40.7 Å². The summed E-state index contributed by atoms with van der Waals surface area (Å²) in [6.45, 7) is 0.950. The number of ether oxygens (including phenoxy) is 1. The van der Waals surface area contributed by atoms with Crippen LogP contribution in [0.2, 0.25) is 5.02 Å². The van der Waals surface area contributed by atoms with Gasteiger partial charge in [0.25, 0.3) is 5.91 Å². The van der Waals surface area contributed by atoms with Crippen molar-refractivity contribution in [2.24, 2.45) is 7.05 Å². The first-order valence-corrected chi connectivity index (χ1v) is 13.0. The summed E-state index contributed by atoms with van der Waals surface area (Å²) in [6, 6.07) is 16.4. The van der Waals surface area contributed by atoms with Gasteiger partial charge in [-0.2, -0.15) is 0 Å². The van der Waals surface area contributed by atoms with E-state index in [0.717, 1.165) is 16.2 Å². The largest absolute Gasteiger partial charge is 0.497 e. The minimum absolute atomic E-state index is 0.0364. The van der Waals surface area contributed by atoms with Crippen LogP contribution in [0.3, 0.4) is 0 Å². The summed E-state index contributed by atoms with van der Waals surface area (Å²) in [6.07, 6.45) is 0.893. The molecule has 194 valence electrons. The number of aliphatic hydroxyl groups is 1. The molecule has 0 aliphatic carbocycles. The zero-order valence-electron chi connectivity index (χ0n) is 20.5. The molecule has 4 rings (SSSR count). The van der Waals surface area contributed by atoms with Gasteiger partial charge in [-0.1, -0.05) is 29.8 Å². The van der Waals surface area contributed by atoms with Gasteiger partial charge in [0.15, 0.2) is 0 Å². The fourth-order valence-electron chi connectivity index (χ4n) is 3.74. The Balaban J connectivity index is 1.34. The molecule has 4 aromatic rings. The van der Waals surface area contributed by atoms with E-state index in [1.807, 2.05) is 36.4 Å². The van der Waals surface area contributed by atoms with Gasteiger partial charge in [0.2, 0.25) is 11.1 Å². The van der Waals surface area contributed by atoms with Crippen LogP contribution < -0.4 is 20.8 Å². The van der Waals surface area contributed by atoms with Gasteiger partial charge in [-0.25, -0.2) is 0 Å². The molecule has 0 bridgehead atoms. The number of hydrogen-bond acceptors (Lipinski definition) is 7. The van der Waals surface area contributed by atoms with E-state index in [1.54, 1.807) is 36.9 Å². The van der Waals surface area contributed by atoms with Crippen LogP contribution in [0.4, 0.5) is 0 Å². The summed E-state index contributed by atoms with van der Waals surface area (Å²) in [5.41, 5.74) is 0.891. The molecule has 0 radical (unpaired) electrons. The van der Waals surface area contributed by atoms with Crippen LogP contribution in [0.25, 0.3) is 11.1 Å². The van der Waals surface area contributed by atoms with E-state index >= 15 is 0 Å². The van der Waals surface area contributed by atoms with Crippen molar-refractivity contribution < 1.29 is 19.1 Å². The predicted octanol–water partition coefficient (Wildman–Crippen LogP) is 3.97. The molecule has 37 heavy (non-hydrogen) atoms. The minimum atomic E-state index is -0.581. The van der Waals surface area contributed by atoms with E-state index in [4.69, 9.17) is 20.8 Å². The smallest absolute Gasteiger partial charge is 0.257 e. The van der Waals surface area contributed by atoms with Crippen LogP contribution in [0.1, 0.15) is 21.7 Å². The highest BCUT2D eigenvalue weighted by Crippen LogP contribution is 2.23. The molecule has 2 aromatic carbocycles. The van der Waals surface area contributed by atoms with Gasteiger partial charge >= 0.3 is 0 Å². The van der Waals surface area contributed by atoms with Crippen molar-refractivity contribution in [3.63, 3.8) is 0 Å². The lowest BCUT2D eigenvalue weighted by Crippen LogP contribution is -2.29. The molecule has 0 fully saturated rings. The topological polar surface area (TPSA) is 106 Å². The van der Waals surface area contributed by atoms with Gasteiger partial charge in [-0.15, -0.1) is 11.8 Å². The van der Waals surface area contributed by atoms with E-state index in [1.165, 1.54) is 18.0 Å². The average molecular weight is 542 g/mol. The molecule has 10 heteroatoms. The molecule has 1 amide bonds. The monoisotopic (exact) mass is 541 g/mol. The number of hydrogen-bond donors (Lipinski definition) is 3. The van der Waals surface area contributed by atoms with Gasteiger partial charge in [-0.3, -0.25) is 9.59 Å². The first-order valence-electron chi connectivity index (χ1n) is 11.6. The van der Waals surface area contributed by atoms with Gasteiger partial charge in [0, 0.05) is 42.0 Å². The number of methoxy groups -OCH3 is 1. The molecular weight excluding hydrogens is 514 g/mol. The second kappa shape index (κ2) is 12.3. The summed E-state index contributed by atoms with van der Waals surface area (Å²) >= 11 is 7.44. The summed E-state index contributed by atoms with van der Waals surface area (Å²) in [7, 11) is 3.34. The number of aryl methyl sites for hydroxylation is 1. The fourth-order valence-corrected chi connectivity index (χ4v) is 4.75. The Kier molecular flexibility index (Phi) is 8.94. The summed E-state index contributed by atoms with van der Waals surface area (Å²) in [4.78, 5) is 26.8. The second-order valence-corrected chi connectivity index (χ2v) is 10.0. The maximum atomic E-state index is 13.0. The van der Waals surface area contributed by atoms with E-state index in [-0.39, 0.29) is 12.1 Å². The zero-order valence-corrected chi connectivity index (χ0v) is 22.1. The second-order valence-electron chi connectivity index (χ2n) is 8.50. The standard InChI is InChI=1S/C27H28ClN3O5S/c1-31-15-24(26(34)30-12-17-6-8-18(28)9-7-17)25(33)23-11-21(36-27(23)31)14-29-13-19(32)16-37-22-5-3-4-20(10-22)35-2/h3-11,15,19,29,32H,12-14,16H2,1-2H3,(H,30,34). The van der Waals surface area contributed by atoms with Crippen molar-refractivity contribution in [3.8, 4) is 5.75 Å². The maximum Gasteiger partial charge on any atom is 0.257 e. The van der Waals surface area contributed by atoms with Gasteiger partial charge in [0.05, 0.1) is 25.1 Å². The van der Waals surface area contributed by atoms with Gasteiger partial charge < -0.3 is 29.5 Å². The number of aliphatic hydroxyl groups excluding tert-OH is 1. The normalized spacial score (nSPS) is 12.0. The number of halogens is 1. The molecule has 1 atom stereocenters. The van der Waals surface area contributed by atoms with E-state index in [9.17, 15) is 14.7 Å². The minimum Gasteiger partial charge on any atom is -0.497 e. The first-order chi connectivity index (χ1) is 17.8. The fraction of sp³-hybridized carbons (Fsp3) is 0.259. The lowest BCUT2D eigenvalue weighted by atomic mass is 10.2. The number of nitrogens with one attached hydrogen (secondary N) is 2. The number of furan rings is 1. The first kappa shape index (κ1) is 26.8. The Hall–Kier alpha value is -3.24. The Bertz CT molecular complexity index is 1430. The number of benzene rings is 2. The molecule has 0 spiro atoms. The molecule has 3 N–H and O–H groups in total. The lowest BCUT2D eigenvalue weighted by molar-refractivity contribution is 0.0949. The van der Waals surface area contributed by atoms with Crippen molar-refractivity contribution in [3.05, 3.63) is 92.9 Å². The molecule has 2 aromatic heterocycles. The number of aromatic nitrogens is 1.